The molecule has 0 fully saturated rings. The lowest BCUT2D eigenvalue weighted by molar-refractivity contribution is 0.0980. The highest BCUT2D eigenvalue weighted by molar-refractivity contribution is 6.05. The zero-order valence-corrected chi connectivity index (χ0v) is 12.6. The van der Waals surface area contributed by atoms with E-state index in [-0.39, 0.29) is 5.91 Å². The number of anilines is 1. The lowest BCUT2D eigenvalue weighted by Gasteiger charge is -2.28. The van der Waals surface area contributed by atoms with Gasteiger partial charge in [0.05, 0.1) is 11.9 Å². The Hall–Kier alpha value is -2.95. The van der Waals surface area contributed by atoms with Gasteiger partial charge < -0.3 is 4.90 Å². The van der Waals surface area contributed by atoms with E-state index in [1.165, 1.54) is 16.6 Å². The monoisotopic (exact) mass is 304 g/mol. The number of carbonyl (C=O) groups is 1. The Bertz CT molecular complexity index is 841. The second-order valence-electron chi connectivity index (χ2n) is 5.54. The van der Waals surface area contributed by atoms with Gasteiger partial charge in [-0.1, -0.05) is 36.4 Å². The number of fused-ring (bicyclic) bond motifs is 1. The van der Waals surface area contributed by atoms with Crippen molar-refractivity contribution in [2.45, 2.75) is 12.8 Å². The molecule has 2 aromatic carbocycles. The molecule has 5 heteroatoms. The van der Waals surface area contributed by atoms with Crippen LogP contribution in [0.3, 0.4) is 0 Å². The first-order valence-electron chi connectivity index (χ1n) is 7.70. The van der Waals surface area contributed by atoms with Gasteiger partial charge in [0, 0.05) is 12.2 Å². The third-order valence-corrected chi connectivity index (χ3v) is 4.05. The molecule has 2 heterocycles. The maximum Gasteiger partial charge on any atom is 0.280 e. The summed E-state index contributed by atoms with van der Waals surface area (Å²) in [6.45, 7) is 0.716. The number of para-hydroxylation sites is 2. The molecule has 3 aromatic rings. The van der Waals surface area contributed by atoms with E-state index in [1.807, 2.05) is 48.5 Å². The van der Waals surface area contributed by atoms with Crippen LogP contribution in [0.15, 0.2) is 60.8 Å². The number of nitrogens with zero attached hydrogens (tertiary/aromatic N) is 4. The predicted octanol–water partition coefficient (Wildman–Crippen LogP) is 2.86. The van der Waals surface area contributed by atoms with Crippen LogP contribution in [0.25, 0.3) is 5.69 Å². The van der Waals surface area contributed by atoms with Gasteiger partial charge in [-0.15, -0.1) is 5.10 Å². The lowest BCUT2D eigenvalue weighted by Crippen LogP contribution is -2.35. The molecule has 1 aliphatic heterocycles. The number of hydrogen-bond acceptors (Lipinski definition) is 3. The average molecular weight is 304 g/mol. The van der Waals surface area contributed by atoms with Crippen LogP contribution in [-0.2, 0) is 6.42 Å². The van der Waals surface area contributed by atoms with Crippen LogP contribution in [0.5, 0.6) is 0 Å². The van der Waals surface area contributed by atoms with Gasteiger partial charge in [0.2, 0.25) is 0 Å². The molecule has 0 saturated heterocycles. The highest BCUT2D eigenvalue weighted by atomic mass is 16.2. The summed E-state index contributed by atoms with van der Waals surface area (Å²) in [5.41, 5.74) is 3.40. The fourth-order valence-corrected chi connectivity index (χ4v) is 2.93. The van der Waals surface area contributed by atoms with Gasteiger partial charge in [0.1, 0.15) is 0 Å². The Morgan fingerprint density at radius 1 is 1.00 bits per heavy atom. The maximum atomic E-state index is 12.8. The minimum atomic E-state index is -0.0978. The standard InChI is InChI=1S/C18H16N4O/c23-18(21-12-6-8-14-7-4-5-11-17(14)21)16-13-19-22(20-16)15-9-2-1-3-10-15/h1-5,7,9-11,13H,6,8,12H2. The van der Waals surface area contributed by atoms with Gasteiger partial charge in [0.15, 0.2) is 5.69 Å². The van der Waals surface area contributed by atoms with Crippen molar-refractivity contribution in [2.24, 2.45) is 0 Å². The van der Waals surface area contributed by atoms with Crippen LogP contribution in [0.1, 0.15) is 22.5 Å². The third-order valence-electron chi connectivity index (χ3n) is 4.05. The number of hydrogen-bond donors (Lipinski definition) is 0. The average Bonchev–Trinajstić information content (AvgIpc) is 3.11. The summed E-state index contributed by atoms with van der Waals surface area (Å²) in [7, 11) is 0. The molecular formula is C18H16N4O. The normalized spacial score (nSPS) is 13.7. The largest absolute Gasteiger partial charge is 0.307 e. The van der Waals surface area contributed by atoms with E-state index in [9.17, 15) is 4.79 Å². The van der Waals surface area contributed by atoms with Crippen molar-refractivity contribution in [3.05, 3.63) is 72.1 Å². The maximum absolute atomic E-state index is 12.8. The van der Waals surface area contributed by atoms with Crippen LogP contribution in [-0.4, -0.2) is 27.4 Å². The van der Waals surface area contributed by atoms with Gasteiger partial charge in [-0.25, -0.2) is 0 Å². The minimum absolute atomic E-state index is 0.0978. The number of aryl methyl sites for hydroxylation is 1. The number of benzene rings is 2. The molecule has 0 radical (unpaired) electrons. The van der Waals surface area contributed by atoms with Crippen molar-refractivity contribution in [1.29, 1.82) is 0 Å². The van der Waals surface area contributed by atoms with Gasteiger partial charge in [-0.3, -0.25) is 4.79 Å². The van der Waals surface area contributed by atoms with Crippen molar-refractivity contribution in [2.75, 3.05) is 11.4 Å². The summed E-state index contributed by atoms with van der Waals surface area (Å²) in [5, 5.41) is 8.56. The molecule has 1 amide bonds. The number of carbonyl (C=O) groups excluding carboxylic acids is 1. The number of aromatic nitrogens is 3. The van der Waals surface area contributed by atoms with E-state index in [4.69, 9.17) is 0 Å². The van der Waals surface area contributed by atoms with Gasteiger partial charge in [0.25, 0.3) is 5.91 Å². The Kier molecular flexibility index (Phi) is 3.38. The van der Waals surface area contributed by atoms with E-state index >= 15 is 0 Å². The second-order valence-corrected chi connectivity index (χ2v) is 5.54. The van der Waals surface area contributed by atoms with Crippen molar-refractivity contribution in [1.82, 2.24) is 15.0 Å². The molecular weight excluding hydrogens is 288 g/mol. The number of amides is 1. The van der Waals surface area contributed by atoms with Crippen LogP contribution in [0, 0.1) is 0 Å². The smallest absolute Gasteiger partial charge is 0.280 e. The molecule has 1 aliphatic rings. The topological polar surface area (TPSA) is 51.0 Å². The first-order valence-corrected chi connectivity index (χ1v) is 7.70. The summed E-state index contributed by atoms with van der Waals surface area (Å²) in [5.74, 6) is -0.0978. The molecule has 0 saturated carbocycles. The Balaban J connectivity index is 1.65. The van der Waals surface area contributed by atoms with Gasteiger partial charge in [-0.05, 0) is 36.6 Å². The molecule has 0 aliphatic carbocycles. The summed E-state index contributed by atoms with van der Waals surface area (Å²) in [6.07, 6.45) is 3.51. The summed E-state index contributed by atoms with van der Waals surface area (Å²) < 4.78 is 0. The van der Waals surface area contributed by atoms with E-state index in [0.29, 0.717) is 12.2 Å². The Morgan fingerprint density at radius 2 is 1.78 bits per heavy atom. The summed E-state index contributed by atoms with van der Waals surface area (Å²) >= 11 is 0. The van der Waals surface area contributed by atoms with Crippen molar-refractivity contribution in [3.8, 4) is 5.69 Å². The molecule has 4 rings (SSSR count). The van der Waals surface area contributed by atoms with Crippen molar-refractivity contribution in [3.63, 3.8) is 0 Å². The van der Waals surface area contributed by atoms with Crippen LogP contribution in [0.4, 0.5) is 5.69 Å². The molecule has 5 nitrogen and oxygen atoms in total. The highest BCUT2D eigenvalue weighted by Gasteiger charge is 2.25. The molecule has 0 spiro atoms. The quantitative estimate of drug-likeness (QED) is 0.731. The van der Waals surface area contributed by atoms with Crippen molar-refractivity contribution >= 4 is 11.6 Å². The first-order chi connectivity index (χ1) is 11.3. The molecule has 0 unspecified atom stereocenters. The Morgan fingerprint density at radius 3 is 2.65 bits per heavy atom. The van der Waals surface area contributed by atoms with Crippen LogP contribution < -0.4 is 4.90 Å². The Labute approximate surface area is 134 Å². The zero-order valence-electron chi connectivity index (χ0n) is 12.6. The van der Waals surface area contributed by atoms with E-state index in [1.54, 1.807) is 4.90 Å². The van der Waals surface area contributed by atoms with Gasteiger partial charge in [-0.2, -0.15) is 9.90 Å². The van der Waals surface area contributed by atoms with E-state index < -0.39 is 0 Å². The van der Waals surface area contributed by atoms with Gasteiger partial charge >= 0.3 is 0 Å². The molecule has 1 aromatic heterocycles. The van der Waals surface area contributed by atoms with Crippen LogP contribution in [0.2, 0.25) is 0 Å². The molecule has 114 valence electrons. The molecule has 0 atom stereocenters. The van der Waals surface area contributed by atoms with Crippen LogP contribution >= 0.6 is 0 Å². The predicted molar refractivity (Wildman–Crippen MR) is 87.8 cm³/mol. The van der Waals surface area contributed by atoms with E-state index in [0.717, 1.165) is 24.2 Å². The first kappa shape index (κ1) is 13.7. The summed E-state index contributed by atoms with van der Waals surface area (Å²) in [4.78, 5) is 16.1. The summed E-state index contributed by atoms with van der Waals surface area (Å²) in [6, 6.07) is 17.6. The van der Waals surface area contributed by atoms with E-state index in [2.05, 4.69) is 16.3 Å². The minimum Gasteiger partial charge on any atom is -0.307 e. The molecule has 0 bridgehead atoms. The second kappa shape index (κ2) is 5.68. The fraction of sp³-hybridized carbons (Fsp3) is 0.167. The van der Waals surface area contributed by atoms with Crippen molar-refractivity contribution < 1.29 is 4.79 Å². The lowest BCUT2D eigenvalue weighted by atomic mass is 10.0. The molecule has 0 N–H and O–H groups in total. The number of rotatable bonds is 2. The molecule has 23 heavy (non-hydrogen) atoms. The fourth-order valence-electron chi connectivity index (χ4n) is 2.93. The SMILES string of the molecule is O=C(c1cnn(-c2ccccc2)n1)N1CCCc2ccccc21. The highest BCUT2D eigenvalue weighted by Crippen LogP contribution is 2.27. The zero-order chi connectivity index (χ0) is 15.6. The third kappa shape index (κ3) is 2.50.